The molecule has 114 valence electrons. The zero-order valence-electron chi connectivity index (χ0n) is 13.1. The molecule has 1 aromatic heterocycles. The molecule has 21 heavy (non-hydrogen) atoms. The molecule has 1 atom stereocenters. The molecule has 1 unspecified atom stereocenters. The van der Waals surface area contributed by atoms with Crippen LogP contribution >= 0.6 is 11.3 Å². The lowest BCUT2D eigenvalue weighted by molar-refractivity contribution is 0.0732. The van der Waals surface area contributed by atoms with Crippen molar-refractivity contribution in [3.05, 3.63) is 35.2 Å². The number of nitrogens with zero attached hydrogens (tertiary/aromatic N) is 1. The molecule has 3 rings (SSSR count). The predicted molar refractivity (Wildman–Crippen MR) is 93.0 cm³/mol. The maximum atomic E-state index is 6.63. The van der Waals surface area contributed by atoms with Crippen molar-refractivity contribution in [3.63, 3.8) is 0 Å². The molecule has 0 saturated carbocycles. The molecule has 0 amide bonds. The molecule has 0 bridgehead atoms. The molecule has 2 nitrogen and oxygen atoms in total. The summed E-state index contributed by atoms with van der Waals surface area (Å²) in [7, 11) is 0. The van der Waals surface area contributed by atoms with Crippen LogP contribution in [-0.2, 0) is 6.42 Å². The molecule has 2 aromatic rings. The molecule has 1 aliphatic rings. The Labute approximate surface area is 131 Å². The summed E-state index contributed by atoms with van der Waals surface area (Å²) in [6.45, 7) is 7.03. The Hall–Kier alpha value is -0.900. The van der Waals surface area contributed by atoms with Crippen LogP contribution < -0.4 is 5.73 Å². The van der Waals surface area contributed by atoms with Crippen LogP contribution in [0.3, 0.4) is 0 Å². The first kappa shape index (κ1) is 15.0. The number of rotatable bonds is 4. The van der Waals surface area contributed by atoms with Crippen molar-refractivity contribution in [2.24, 2.45) is 5.73 Å². The summed E-state index contributed by atoms with van der Waals surface area (Å²) in [4.78, 5) is 2.59. The van der Waals surface area contributed by atoms with Gasteiger partial charge in [-0.25, -0.2) is 0 Å². The zero-order chi connectivity index (χ0) is 14.9. The number of fused-ring (bicyclic) bond motifs is 1. The maximum Gasteiger partial charge on any atom is 0.0345 e. The number of nitrogens with two attached hydrogens (primary N) is 1. The first-order valence-electron chi connectivity index (χ1n) is 8.05. The maximum absolute atomic E-state index is 6.63. The third-order valence-corrected chi connectivity index (χ3v) is 6.09. The van der Waals surface area contributed by atoms with Gasteiger partial charge in [-0.05, 0) is 68.6 Å². The summed E-state index contributed by atoms with van der Waals surface area (Å²) in [5.74, 6) is 0. The minimum Gasteiger partial charge on any atom is -0.326 e. The first-order valence-corrected chi connectivity index (χ1v) is 8.93. The molecular weight excluding hydrogens is 276 g/mol. The highest BCUT2D eigenvalue weighted by Gasteiger charge is 2.34. The van der Waals surface area contributed by atoms with Gasteiger partial charge in [0.1, 0.15) is 0 Å². The number of hydrogen-bond donors (Lipinski definition) is 1. The third-order valence-electron chi connectivity index (χ3n) is 5.08. The average molecular weight is 302 g/mol. The second-order valence-corrected chi connectivity index (χ2v) is 7.68. The normalized spacial score (nSPS) is 19.0. The zero-order valence-corrected chi connectivity index (χ0v) is 14.0. The van der Waals surface area contributed by atoms with E-state index in [-0.39, 0.29) is 11.6 Å². The molecule has 0 spiro atoms. The van der Waals surface area contributed by atoms with Crippen LogP contribution in [-0.4, -0.2) is 29.6 Å². The average Bonchev–Trinajstić information content (AvgIpc) is 2.91. The fourth-order valence-electron chi connectivity index (χ4n) is 3.38. The molecule has 1 fully saturated rings. The van der Waals surface area contributed by atoms with Gasteiger partial charge in [-0.15, -0.1) is 11.3 Å². The van der Waals surface area contributed by atoms with Gasteiger partial charge in [-0.3, -0.25) is 4.90 Å². The number of hydrogen-bond acceptors (Lipinski definition) is 3. The van der Waals surface area contributed by atoms with Crippen LogP contribution in [0.1, 0.15) is 38.7 Å². The summed E-state index contributed by atoms with van der Waals surface area (Å²) < 4.78 is 1.37. The van der Waals surface area contributed by atoms with E-state index in [4.69, 9.17) is 5.73 Å². The van der Waals surface area contributed by atoms with Crippen LogP contribution in [0.2, 0.25) is 0 Å². The van der Waals surface area contributed by atoms with Crippen molar-refractivity contribution in [2.45, 2.75) is 51.1 Å². The van der Waals surface area contributed by atoms with Gasteiger partial charge >= 0.3 is 0 Å². The van der Waals surface area contributed by atoms with E-state index in [1.807, 2.05) is 11.3 Å². The Bertz CT molecular complexity index is 596. The summed E-state index contributed by atoms with van der Waals surface area (Å²) in [6.07, 6.45) is 4.97. The smallest absolute Gasteiger partial charge is 0.0345 e. The highest BCUT2D eigenvalue weighted by atomic mass is 32.1. The van der Waals surface area contributed by atoms with E-state index in [2.05, 4.69) is 48.4 Å². The molecule has 1 aliphatic heterocycles. The van der Waals surface area contributed by atoms with Gasteiger partial charge in [0, 0.05) is 16.3 Å². The molecule has 0 aliphatic carbocycles. The van der Waals surface area contributed by atoms with Crippen molar-refractivity contribution in [3.8, 4) is 0 Å². The quantitative estimate of drug-likeness (QED) is 0.923. The lowest BCUT2D eigenvalue weighted by Crippen LogP contribution is -2.58. The van der Waals surface area contributed by atoms with Gasteiger partial charge in [-0.2, -0.15) is 0 Å². The van der Waals surface area contributed by atoms with Crippen molar-refractivity contribution in [1.29, 1.82) is 0 Å². The number of piperidine rings is 1. The topological polar surface area (TPSA) is 29.3 Å². The van der Waals surface area contributed by atoms with Crippen molar-refractivity contribution in [2.75, 3.05) is 13.1 Å². The lowest BCUT2D eigenvalue weighted by atomic mass is 9.86. The van der Waals surface area contributed by atoms with Gasteiger partial charge in [0.2, 0.25) is 0 Å². The van der Waals surface area contributed by atoms with Crippen LogP contribution in [0, 0.1) is 0 Å². The fraction of sp³-hybridized carbons (Fsp3) is 0.556. The first-order chi connectivity index (χ1) is 10.1. The van der Waals surface area contributed by atoms with Gasteiger partial charge in [0.15, 0.2) is 0 Å². The highest BCUT2D eigenvalue weighted by molar-refractivity contribution is 7.17. The predicted octanol–water partition coefficient (Wildman–Crippen LogP) is 4.04. The molecule has 1 saturated heterocycles. The molecule has 0 radical (unpaired) electrons. The molecule has 3 heteroatoms. The Kier molecular flexibility index (Phi) is 4.34. The van der Waals surface area contributed by atoms with Crippen molar-refractivity contribution < 1.29 is 0 Å². The van der Waals surface area contributed by atoms with Gasteiger partial charge in [0.05, 0.1) is 0 Å². The molecular formula is C18H26N2S. The third kappa shape index (κ3) is 3.01. The van der Waals surface area contributed by atoms with E-state index in [9.17, 15) is 0 Å². The van der Waals surface area contributed by atoms with Crippen LogP contribution in [0.15, 0.2) is 29.6 Å². The minimum atomic E-state index is 0.0729. The number of likely N-dealkylation sites (tertiary alicyclic amines) is 1. The SMILES string of the molecule is CC(C)(C(N)Cc1csc2ccccc12)N1CCCCC1. The van der Waals surface area contributed by atoms with E-state index < -0.39 is 0 Å². The minimum absolute atomic E-state index is 0.0729. The Balaban J connectivity index is 1.77. The van der Waals surface area contributed by atoms with Crippen molar-refractivity contribution >= 4 is 21.4 Å². The number of benzene rings is 1. The standard InChI is InChI=1S/C18H26N2S/c1-18(2,20-10-6-3-7-11-20)17(19)12-14-13-21-16-9-5-4-8-15(14)16/h4-5,8-9,13,17H,3,6-7,10-12,19H2,1-2H3. The monoisotopic (exact) mass is 302 g/mol. The summed E-state index contributed by atoms with van der Waals surface area (Å²) >= 11 is 1.83. The Morgan fingerprint density at radius 2 is 1.90 bits per heavy atom. The van der Waals surface area contributed by atoms with E-state index in [1.165, 1.54) is 48.0 Å². The lowest BCUT2D eigenvalue weighted by Gasteiger charge is -2.44. The van der Waals surface area contributed by atoms with E-state index in [0.29, 0.717) is 0 Å². The highest BCUT2D eigenvalue weighted by Crippen LogP contribution is 2.30. The summed E-state index contributed by atoms with van der Waals surface area (Å²) in [5, 5.41) is 3.67. The van der Waals surface area contributed by atoms with E-state index in [0.717, 1.165) is 6.42 Å². The van der Waals surface area contributed by atoms with E-state index in [1.54, 1.807) is 0 Å². The summed E-state index contributed by atoms with van der Waals surface area (Å²) in [6, 6.07) is 8.83. The van der Waals surface area contributed by atoms with Crippen molar-refractivity contribution in [1.82, 2.24) is 4.90 Å². The van der Waals surface area contributed by atoms with Gasteiger partial charge < -0.3 is 5.73 Å². The van der Waals surface area contributed by atoms with Gasteiger partial charge in [-0.1, -0.05) is 24.6 Å². The second-order valence-electron chi connectivity index (χ2n) is 6.77. The molecule has 2 N–H and O–H groups in total. The van der Waals surface area contributed by atoms with E-state index >= 15 is 0 Å². The Morgan fingerprint density at radius 1 is 1.19 bits per heavy atom. The van der Waals surface area contributed by atoms with Crippen LogP contribution in [0.4, 0.5) is 0 Å². The largest absolute Gasteiger partial charge is 0.326 e. The molecule has 1 aromatic carbocycles. The molecule has 2 heterocycles. The van der Waals surface area contributed by atoms with Crippen LogP contribution in [0.25, 0.3) is 10.1 Å². The number of thiophene rings is 1. The fourth-order valence-corrected chi connectivity index (χ4v) is 4.36. The Morgan fingerprint density at radius 3 is 2.67 bits per heavy atom. The second kappa shape index (κ2) is 6.07. The van der Waals surface area contributed by atoms with Gasteiger partial charge in [0.25, 0.3) is 0 Å². The van der Waals surface area contributed by atoms with Crippen LogP contribution in [0.5, 0.6) is 0 Å². The summed E-state index contributed by atoms with van der Waals surface area (Å²) in [5.41, 5.74) is 8.11.